The third-order valence-electron chi connectivity index (χ3n) is 3.88. The molecule has 4 rings (SSSR count). The quantitative estimate of drug-likeness (QED) is 0.562. The van der Waals surface area contributed by atoms with Crippen LogP contribution in [0.1, 0.15) is 13.8 Å². The maximum atomic E-state index is 12.1. The van der Waals surface area contributed by atoms with E-state index >= 15 is 0 Å². The van der Waals surface area contributed by atoms with Crippen LogP contribution in [0.15, 0.2) is 59.4 Å². The Balaban J connectivity index is 0.000000815. The van der Waals surface area contributed by atoms with Gasteiger partial charge in [0.15, 0.2) is 0 Å². The van der Waals surface area contributed by atoms with Crippen LogP contribution in [0.2, 0.25) is 0 Å². The van der Waals surface area contributed by atoms with E-state index in [-0.39, 0.29) is 5.56 Å². The highest BCUT2D eigenvalue weighted by Crippen LogP contribution is 2.32. The van der Waals surface area contributed by atoms with Gasteiger partial charge in [0, 0.05) is 22.5 Å². The molecule has 2 N–H and O–H groups in total. The van der Waals surface area contributed by atoms with Gasteiger partial charge in [-0.1, -0.05) is 44.2 Å². The molecule has 0 unspecified atom stereocenters. The van der Waals surface area contributed by atoms with Gasteiger partial charge in [0.25, 0.3) is 0 Å². The topological polar surface area (TPSA) is 57.9 Å². The van der Waals surface area contributed by atoms with Crippen LogP contribution >= 0.6 is 0 Å². The first-order valence-corrected chi connectivity index (χ1v) is 8.04. The van der Waals surface area contributed by atoms with E-state index in [1.165, 1.54) is 0 Å². The molecule has 122 valence electrons. The Labute approximate surface area is 140 Å². The van der Waals surface area contributed by atoms with Gasteiger partial charge in [0.05, 0.1) is 18.1 Å². The summed E-state index contributed by atoms with van der Waals surface area (Å²) in [4.78, 5) is 18.4. The lowest BCUT2D eigenvalue weighted by atomic mass is 10.1. The number of nitrogens with one attached hydrogen (secondary N) is 2. The van der Waals surface area contributed by atoms with Crippen LogP contribution in [0, 0.1) is 0 Å². The summed E-state index contributed by atoms with van der Waals surface area (Å²) in [6.07, 6.45) is 0. The molecule has 0 aliphatic heterocycles. The highest BCUT2D eigenvalue weighted by atomic mass is 16.5. The first-order valence-electron chi connectivity index (χ1n) is 8.04. The summed E-state index contributed by atoms with van der Waals surface area (Å²) in [6.45, 7) is 4.00. The lowest BCUT2D eigenvalue weighted by molar-refractivity contribution is 0.415. The van der Waals surface area contributed by atoms with Crippen molar-refractivity contribution in [2.45, 2.75) is 13.8 Å². The number of hydrogen-bond donors (Lipinski definition) is 2. The molecule has 4 heteroatoms. The van der Waals surface area contributed by atoms with E-state index in [1.54, 1.807) is 13.2 Å². The fourth-order valence-electron chi connectivity index (χ4n) is 2.84. The van der Waals surface area contributed by atoms with Gasteiger partial charge in [-0.2, -0.15) is 0 Å². The second-order valence-corrected chi connectivity index (χ2v) is 5.20. The van der Waals surface area contributed by atoms with Crippen LogP contribution in [0.3, 0.4) is 0 Å². The number of ether oxygens (including phenoxy) is 1. The first kappa shape index (κ1) is 15.9. The first-order chi connectivity index (χ1) is 11.8. The van der Waals surface area contributed by atoms with Crippen LogP contribution in [0.4, 0.5) is 0 Å². The van der Waals surface area contributed by atoms with Gasteiger partial charge in [0.1, 0.15) is 5.75 Å². The summed E-state index contributed by atoms with van der Waals surface area (Å²) < 4.78 is 5.28. The summed E-state index contributed by atoms with van der Waals surface area (Å²) in [7, 11) is 1.63. The van der Waals surface area contributed by atoms with Crippen molar-refractivity contribution in [2.75, 3.05) is 7.11 Å². The number of aromatic nitrogens is 2. The number of benzene rings is 2. The Morgan fingerprint density at radius 3 is 2.33 bits per heavy atom. The molecule has 0 atom stereocenters. The maximum absolute atomic E-state index is 12.1. The minimum Gasteiger partial charge on any atom is -0.497 e. The molecule has 0 saturated carbocycles. The average Bonchev–Trinajstić information content (AvgIpc) is 3.01. The minimum absolute atomic E-state index is 0.116. The Hall–Kier alpha value is -3.01. The Morgan fingerprint density at radius 2 is 1.62 bits per heavy atom. The van der Waals surface area contributed by atoms with Gasteiger partial charge in [-0.05, 0) is 23.8 Å². The molecule has 0 spiro atoms. The van der Waals surface area contributed by atoms with Crippen molar-refractivity contribution in [1.29, 1.82) is 0 Å². The second kappa shape index (κ2) is 6.62. The number of fused-ring (bicyclic) bond motifs is 3. The van der Waals surface area contributed by atoms with Gasteiger partial charge >= 0.3 is 0 Å². The molecule has 4 nitrogen and oxygen atoms in total. The molecule has 0 aliphatic carbocycles. The van der Waals surface area contributed by atoms with Gasteiger partial charge < -0.3 is 14.7 Å². The van der Waals surface area contributed by atoms with Crippen LogP contribution in [-0.2, 0) is 0 Å². The summed E-state index contributed by atoms with van der Waals surface area (Å²) in [5.41, 5.74) is 4.49. The fourth-order valence-corrected chi connectivity index (χ4v) is 2.84. The Bertz CT molecular complexity index is 1030. The van der Waals surface area contributed by atoms with E-state index in [1.807, 2.05) is 62.4 Å². The monoisotopic (exact) mass is 320 g/mol. The number of methoxy groups -OCH3 is 1. The summed E-state index contributed by atoms with van der Waals surface area (Å²) in [5.74, 6) is 0.763. The van der Waals surface area contributed by atoms with Crippen molar-refractivity contribution in [3.05, 3.63) is 65.0 Å². The van der Waals surface area contributed by atoms with Crippen LogP contribution < -0.4 is 10.3 Å². The number of hydrogen-bond acceptors (Lipinski definition) is 2. The standard InChI is InChI=1S/C18H14N2O2.C2H6/c1-22-12-7-8-15-14(9-12)18-17(19-15)13(10-16(21)20-18)11-5-3-2-4-6-11;1-2/h2-10,19H,1H3,(H,20,21);1-2H3. The molecule has 24 heavy (non-hydrogen) atoms. The number of H-pyrrole nitrogens is 2. The summed E-state index contributed by atoms with van der Waals surface area (Å²) >= 11 is 0. The summed E-state index contributed by atoms with van der Waals surface area (Å²) in [6, 6.07) is 17.3. The minimum atomic E-state index is -0.116. The third kappa shape index (κ3) is 2.67. The Kier molecular flexibility index (Phi) is 4.38. The van der Waals surface area contributed by atoms with E-state index in [0.717, 1.165) is 38.8 Å². The van der Waals surface area contributed by atoms with E-state index in [0.29, 0.717) is 0 Å². The molecule has 4 aromatic rings. The highest BCUT2D eigenvalue weighted by molar-refractivity contribution is 6.09. The van der Waals surface area contributed by atoms with Crippen LogP contribution in [0.25, 0.3) is 33.1 Å². The molecule has 0 bridgehead atoms. The SMILES string of the molecule is CC.COc1ccc2[nH]c3c(-c4ccccc4)cc(=O)[nH]c3c2c1. The number of pyridine rings is 1. The smallest absolute Gasteiger partial charge is 0.249 e. The lowest BCUT2D eigenvalue weighted by Crippen LogP contribution is -2.04. The zero-order valence-electron chi connectivity index (χ0n) is 14.0. The normalized spacial score (nSPS) is 10.5. The zero-order valence-corrected chi connectivity index (χ0v) is 14.0. The van der Waals surface area contributed by atoms with E-state index in [9.17, 15) is 4.79 Å². The van der Waals surface area contributed by atoms with Crippen molar-refractivity contribution >= 4 is 21.9 Å². The predicted molar refractivity (Wildman–Crippen MR) is 99.8 cm³/mol. The maximum Gasteiger partial charge on any atom is 0.249 e. The van der Waals surface area contributed by atoms with E-state index in [2.05, 4.69) is 9.97 Å². The van der Waals surface area contributed by atoms with Crippen molar-refractivity contribution < 1.29 is 4.74 Å². The third-order valence-corrected chi connectivity index (χ3v) is 3.88. The molecule has 0 radical (unpaired) electrons. The van der Waals surface area contributed by atoms with Crippen molar-refractivity contribution in [3.63, 3.8) is 0 Å². The molecule has 0 fully saturated rings. The van der Waals surface area contributed by atoms with Crippen LogP contribution in [0.5, 0.6) is 5.75 Å². The number of aromatic amines is 2. The second-order valence-electron chi connectivity index (χ2n) is 5.20. The van der Waals surface area contributed by atoms with Gasteiger partial charge in [-0.15, -0.1) is 0 Å². The van der Waals surface area contributed by atoms with Crippen molar-refractivity contribution in [1.82, 2.24) is 9.97 Å². The van der Waals surface area contributed by atoms with Crippen LogP contribution in [-0.4, -0.2) is 17.1 Å². The molecule has 0 amide bonds. The molecular formula is C20H20N2O2. The van der Waals surface area contributed by atoms with Gasteiger partial charge in [-0.25, -0.2) is 0 Å². The molecule has 0 aliphatic rings. The van der Waals surface area contributed by atoms with Gasteiger partial charge in [0.2, 0.25) is 5.56 Å². The van der Waals surface area contributed by atoms with E-state index in [4.69, 9.17) is 4.74 Å². The molecule has 2 aromatic carbocycles. The summed E-state index contributed by atoms with van der Waals surface area (Å²) in [5, 5.41) is 0.948. The van der Waals surface area contributed by atoms with Crippen molar-refractivity contribution in [2.24, 2.45) is 0 Å². The lowest BCUT2D eigenvalue weighted by Gasteiger charge is -2.03. The highest BCUT2D eigenvalue weighted by Gasteiger charge is 2.12. The molecule has 0 saturated heterocycles. The molecular weight excluding hydrogens is 300 g/mol. The molecule has 2 heterocycles. The average molecular weight is 320 g/mol. The van der Waals surface area contributed by atoms with Gasteiger partial charge in [-0.3, -0.25) is 4.79 Å². The number of rotatable bonds is 2. The zero-order chi connectivity index (χ0) is 17.1. The largest absolute Gasteiger partial charge is 0.497 e. The fraction of sp³-hybridized carbons (Fsp3) is 0.150. The van der Waals surface area contributed by atoms with E-state index < -0.39 is 0 Å². The van der Waals surface area contributed by atoms with Crippen molar-refractivity contribution in [3.8, 4) is 16.9 Å². The Morgan fingerprint density at radius 1 is 0.875 bits per heavy atom. The molecule has 2 aromatic heterocycles. The predicted octanol–water partition coefficient (Wildman–Crippen LogP) is 4.71.